The second kappa shape index (κ2) is 8.77. The lowest BCUT2D eigenvalue weighted by Gasteiger charge is -2.35. The van der Waals surface area contributed by atoms with Gasteiger partial charge in [-0.3, -0.25) is 19.8 Å². The van der Waals surface area contributed by atoms with Crippen LogP contribution in [0.2, 0.25) is 0 Å². The number of fused-ring (bicyclic) bond motifs is 1. The smallest absolute Gasteiger partial charge is 0.243 e. The van der Waals surface area contributed by atoms with Crippen molar-refractivity contribution in [2.24, 2.45) is 5.92 Å². The van der Waals surface area contributed by atoms with Gasteiger partial charge in [0.1, 0.15) is 0 Å². The number of benzene rings is 1. The van der Waals surface area contributed by atoms with Gasteiger partial charge in [-0.05, 0) is 86.8 Å². The van der Waals surface area contributed by atoms with Gasteiger partial charge >= 0.3 is 0 Å². The van der Waals surface area contributed by atoms with E-state index in [2.05, 4.69) is 38.6 Å². The van der Waals surface area contributed by atoms with Gasteiger partial charge in [0.2, 0.25) is 11.8 Å². The molecule has 162 valence electrons. The van der Waals surface area contributed by atoms with Gasteiger partial charge in [0.15, 0.2) is 0 Å². The first-order valence-electron chi connectivity index (χ1n) is 11.8. The SMILES string of the molecule is O=C1CCC(N2Cc3ccc(C4CCN(CC5CCNCC5)CC4)cc3C2)C(=O)N1. The zero-order valence-corrected chi connectivity index (χ0v) is 17.9. The van der Waals surface area contributed by atoms with Crippen molar-refractivity contribution < 1.29 is 9.59 Å². The summed E-state index contributed by atoms with van der Waals surface area (Å²) in [5.74, 6) is 1.27. The molecular weight excluding hydrogens is 376 g/mol. The average Bonchev–Trinajstić information content (AvgIpc) is 3.18. The van der Waals surface area contributed by atoms with Gasteiger partial charge in [-0.2, -0.15) is 0 Å². The number of amides is 2. The molecule has 0 bridgehead atoms. The van der Waals surface area contributed by atoms with Crippen LogP contribution < -0.4 is 10.6 Å². The molecule has 0 saturated carbocycles. The molecular formula is C24H34N4O2. The summed E-state index contributed by atoms with van der Waals surface area (Å²) in [6.45, 7) is 7.72. The largest absolute Gasteiger partial charge is 0.317 e. The summed E-state index contributed by atoms with van der Waals surface area (Å²) < 4.78 is 0. The Kier molecular flexibility index (Phi) is 5.89. The number of nitrogens with one attached hydrogen (secondary N) is 2. The molecule has 5 rings (SSSR count). The van der Waals surface area contributed by atoms with Crippen LogP contribution in [-0.4, -0.2) is 60.4 Å². The molecule has 2 N–H and O–H groups in total. The molecule has 4 aliphatic heterocycles. The van der Waals surface area contributed by atoms with Crippen LogP contribution in [0.1, 0.15) is 61.1 Å². The minimum Gasteiger partial charge on any atom is -0.317 e. The fraction of sp³-hybridized carbons (Fsp3) is 0.667. The molecule has 4 aliphatic rings. The Balaban J connectivity index is 1.17. The lowest BCUT2D eigenvalue weighted by atomic mass is 9.87. The van der Waals surface area contributed by atoms with E-state index >= 15 is 0 Å². The lowest BCUT2D eigenvalue weighted by Crippen LogP contribution is -2.50. The van der Waals surface area contributed by atoms with Gasteiger partial charge < -0.3 is 10.2 Å². The summed E-state index contributed by atoms with van der Waals surface area (Å²) in [5, 5.41) is 5.97. The molecule has 0 aliphatic carbocycles. The second-order valence-corrected chi connectivity index (χ2v) is 9.67. The summed E-state index contributed by atoms with van der Waals surface area (Å²) in [5.41, 5.74) is 4.18. The van der Waals surface area contributed by atoms with E-state index in [1.807, 2.05) is 0 Å². The molecule has 0 aromatic heterocycles. The molecule has 6 nitrogen and oxygen atoms in total. The number of carbonyl (C=O) groups excluding carboxylic acids is 2. The molecule has 1 aromatic carbocycles. The van der Waals surface area contributed by atoms with Gasteiger partial charge in [-0.1, -0.05) is 18.2 Å². The normalized spacial score (nSPS) is 27.3. The van der Waals surface area contributed by atoms with Gasteiger partial charge in [0.25, 0.3) is 0 Å². The highest BCUT2D eigenvalue weighted by Gasteiger charge is 2.35. The van der Waals surface area contributed by atoms with Crippen LogP contribution in [0.5, 0.6) is 0 Å². The van der Waals surface area contributed by atoms with Gasteiger partial charge in [-0.15, -0.1) is 0 Å². The highest BCUT2D eigenvalue weighted by Crippen LogP contribution is 2.34. The van der Waals surface area contributed by atoms with E-state index in [0.29, 0.717) is 18.8 Å². The highest BCUT2D eigenvalue weighted by molar-refractivity contribution is 6.00. The van der Waals surface area contributed by atoms with Crippen molar-refractivity contribution in [1.82, 2.24) is 20.4 Å². The van der Waals surface area contributed by atoms with E-state index in [-0.39, 0.29) is 17.9 Å². The van der Waals surface area contributed by atoms with Crippen molar-refractivity contribution in [3.05, 3.63) is 34.9 Å². The number of carbonyl (C=O) groups is 2. The summed E-state index contributed by atoms with van der Waals surface area (Å²) in [6.07, 6.45) is 6.25. The Labute approximate surface area is 179 Å². The number of hydrogen-bond acceptors (Lipinski definition) is 5. The molecule has 3 fully saturated rings. The first kappa shape index (κ1) is 20.2. The average molecular weight is 411 g/mol. The van der Waals surface area contributed by atoms with Gasteiger partial charge in [0, 0.05) is 26.1 Å². The zero-order valence-electron chi connectivity index (χ0n) is 17.9. The van der Waals surface area contributed by atoms with Crippen LogP contribution in [0, 0.1) is 5.92 Å². The maximum Gasteiger partial charge on any atom is 0.243 e. The fourth-order valence-electron chi connectivity index (χ4n) is 5.82. The second-order valence-electron chi connectivity index (χ2n) is 9.67. The quantitative estimate of drug-likeness (QED) is 0.744. The van der Waals surface area contributed by atoms with Crippen molar-refractivity contribution in [2.45, 2.75) is 63.6 Å². The number of rotatable bonds is 4. The number of likely N-dealkylation sites (tertiary alicyclic amines) is 1. The van der Waals surface area contributed by atoms with E-state index in [9.17, 15) is 9.59 Å². The molecule has 6 heteroatoms. The molecule has 4 heterocycles. The lowest BCUT2D eigenvalue weighted by molar-refractivity contribution is -0.137. The van der Waals surface area contributed by atoms with Crippen molar-refractivity contribution in [2.75, 3.05) is 32.7 Å². The standard InChI is InChI=1S/C24H34N4O2/c29-23-4-3-22(24(30)26-23)28-15-20-2-1-19(13-21(20)16-28)18-7-11-27(12-8-18)14-17-5-9-25-10-6-17/h1-2,13,17-18,22,25H,3-12,14-16H2,(H,26,29,30). The minimum absolute atomic E-state index is 0.125. The Hall–Kier alpha value is -1.76. The molecule has 0 radical (unpaired) electrons. The Morgan fingerprint density at radius 3 is 2.47 bits per heavy atom. The Morgan fingerprint density at radius 1 is 0.933 bits per heavy atom. The van der Waals surface area contributed by atoms with Gasteiger partial charge in [0.05, 0.1) is 6.04 Å². The summed E-state index contributed by atoms with van der Waals surface area (Å²) in [7, 11) is 0. The molecule has 1 atom stereocenters. The van der Waals surface area contributed by atoms with E-state index in [1.165, 1.54) is 75.1 Å². The van der Waals surface area contributed by atoms with E-state index in [4.69, 9.17) is 0 Å². The van der Waals surface area contributed by atoms with Crippen LogP contribution in [0.3, 0.4) is 0 Å². The third-order valence-corrected chi connectivity index (χ3v) is 7.66. The molecule has 0 spiro atoms. The third-order valence-electron chi connectivity index (χ3n) is 7.66. The predicted molar refractivity (Wildman–Crippen MR) is 116 cm³/mol. The van der Waals surface area contributed by atoms with Crippen molar-refractivity contribution in [1.29, 1.82) is 0 Å². The first-order chi connectivity index (χ1) is 14.7. The zero-order chi connectivity index (χ0) is 20.5. The van der Waals surface area contributed by atoms with E-state index < -0.39 is 0 Å². The van der Waals surface area contributed by atoms with Crippen LogP contribution in [-0.2, 0) is 22.7 Å². The monoisotopic (exact) mass is 410 g/mol. The van der Waals surface area contributed by atoms with Crippen LogP contribution >= 0.6 is 0 Å². The number of piperidine rings is 3. The molecule has 1 unspecified atom stereocenters. The predicted octanol–water partition coefficient (Wildman–Crippen LogP) is 1.99. The maximum atomic E-state index is 12.2. The van der Waals surface area contributed by atoms with Gasteiger partial charge in [-0.25, -0.2) is 0 Å². The van der Waals surface area contributed by atoms with Crippen molar-refractivity contribution >= 4 is 11.8 Å². The van der Waals surface area contributed by atoms with Crippen molar-refractivity contribution in [3.63, 3.8) is 0 Å². The van der Waals surface area contributed by atoms with E-state index in [0.717, 1.165) is 19.0 Å². The Bertz CT molecular complexity index is 796. The summed E-state index contributed by atoms with van der Waals surface area (Å²) >= 11 is 0. The molecule has 3 saturated heterocycles. The van der Waals surface area contributed by atoms with Crippen LogP contribution in [0.25, 0.3) is 0 Å². The number of hydrogen-bond donors (Lipinski definition) is 2. The first-order valence-corrected chi connectivity index (χ1v) is 11.8. The maximum absolute atomic E-state index is 12.2. The third kappa shape index (κ3) is 4.32. The number of imide groups is 1. The summed E-state index contributed by atoms with van der Waals surface area (Å²) in [6, 6.07) is 6.82. The molecule has 1 aromatic rings. The topological polar surface area (TPSA) is 64.7 Å². The van der Waals surface area contributed by atoms with E-state index in [1.54, 1.807) is 0 Å². The van der Waals surface area contributed by atoms with Crippen LogP contribution in [0.4, 0.5) is 0 Å². The molecule has 2 amide bonds. The fourth-order valence-corrected chi connectivity index (χ4v) is 5.82. The van der Waals surface area contributed by atoms with Crippen LogP contribution in [0.15, 0.2) is 18.2 Å². The number of nitrogens with zero attached hydrogens (tertiary/aromatic N) is 2. The minimum atomic E-state index is -0.170. The highest BCUT2D eigenvalue weighted by atomic mass is 16.2. The molecule has 30 heavy (non-hydrogen) atoms. The summed E-state index contributed by atoms with van der Waals surface area (Å²) in [4.78, 5) is 28.6. The Morgan fingerprint density at radius 2 is 1.70 bits per heavy atom. The van der Waals surface area contributed by atoms with Crippen molar-refractivity contribution in [3.8, 4) is 0 Å².